The lowest BCUT2D eigenvalue weighted by Gasteiger charge is -2.22. The van der Waals surface area contributed by atoms with Gasteiger partial charge in [0.15, 0.2) is 0 Å². The Labute approximate surface area is 136 Å². The topological polar surface area (TPSA) is 49.4 Å². The summed E-state index contributed by atoms with van der Waals surface area (Å²) in [6.07, 6.45) is -5.77. The Morgan fingerprint density at radius 3 is 2.46 bits per heavy atom. The summed E-state index contributed by atoms with van der Waals surface area (Å²) < 4.78 is 51.3. The second-order valence-electron chi connectivity index (χ2n) is 5.77. The highest BCUT2D eigenvalue weighted by Gasteiger charge is 2.37. The fourth-order valence-electron chi connectivity index (χ4n) is 2.72. The predicted octanol–water partition coefficient (Wildman–Crippen LogP) is 2.80. The number of rotatable bonds is 5. The molecule has 0 aromatic heterocycles. The molecule has 2 rings (SSSR count). The number of alkyl halides is 3. The molecule has 1 N–H and O–H groups in total. The Hall–Kier alpha value is -2.12. The fourth-order valence-corrected chi connectivity index (χ4v) is 2.72. The molecule has 1 heterocycles. The van der Waals surface area contributed by atoms with Crippen molar-refractivity contribution < 1.29 is 27.2 Å². The van der Waals surface area contributed by atoms with E-state index < -0.39 is 36.3 Å². The zero-order valence-corrected chi connectivity index (χ0v) is 13.1. The van der Waals surface area contributed by atoms with Gasteiger partial charge in [0.2, 0.25) is 11.8 Å². The van der Waals surface area contributed by atoms with Crippen molar-refractivity contribution in [2.45, 2.75) is 32.0 Å². The van der Waals surface area contributed by atoms with E-state index in [-0.39, 0.29) is 24.4 Å². The lowest BCUT2D eigenvalue weighted by atomic mass is 10.0. The number of nitrogens with one attached hydrogen (secondary N) is 1. The van der Waals surface area contributed by atoms with Crippen LogP contribution in [0.3, 0.4) is 0 Å². The molecule has 1 aromatic carbocycles. The number of carbonyl (C=O) groups excluding carboxylic acids is 2. The number of halogens is 4. The van der Waals surface area contributed by atoms with Gasteiger partial charge in [0.1, 0.15) is 5.82 Å². The molecule has 0 unspecified atom stereocenters. The van der Waals surface area contributed by atoms with Gasteiger partial charge in [-0.15, -0.1) is 0 Å². The van der Waals surface area contributed by atoms with Crippen LogP contribution in [0.25, 0.3) is 0 Å². The average molecular weight is 346 g/mol. The Kier molecular flexibility index (Phi) is 5.46. The van der Waals surface area contributed by atoms with Crippen molar-refractivity contribution in [3.63, 3.8) is 0 Å². The first-order valence-corrected chi connectivity index (χ1v) is 7.60. The van der Waals surface area contributed by atoms with Crippen LogP contribution in [0.5, 0.6) is 0 Å². The molecule has 0 bridgehead atoms. The molecule has 2 atom stereocenters. The van der Waals surface area contributed by atoms with E-state index in [0.717, 1.165) is 12.1 Å². The molecule has 0 radical (unpaired) electrons. The summed E-state index contributed by atoms with van der Waals surface area (Å²) in [5, 5.41) is 2.36. The van der Waals surface area contributed by atoms with Crippen molar-refractivity contribution in [2.24, 2.45) is 5.92 Å². The van der Waals surface area contributed by atoms with Crippen LogP contribution >= 0.6 is 0 Å². The lowest BCUT2D eigenvalue weighted by Crippen LogP contribution is -2.37. The molecule has 132 valence electrons. The van der Waals surface area contributed by atoms with E-state index in [1.54, 1.807) is 6.92 Å². The molecule has 1 saturated heterocycles. The molecule has 1 aliphatic heterocycles. The maximum Gasteiger partial charge on any atom is 0.391 e. The lowest BCUT2D eigenvalue weighted by molar-refractivity contribution is -0.143. The highest BCUT2D eigenvalue weighted by Crippen LogP contribution is 2.30. The van der Waals surface area contributed by atoms with E-state index in [2.05, 4.69) is 5.32 Å². The molecule has 0 saturated carbocycles. The van der Waals surface area contributed by atoms with Crippen LogP contribution in [-0.2, 0) is 9.59 Å². The highest BCUT2D eigenvalue weighted by molar-refractivity contribution is 5.89. The van der Waals surface area contributed by atoms with Gasteiger partial charge in [-0.2, -0.15) is 13.2 Å². The molecule has 24 heavy (non-hydrogen) atoms. The van der Waals surface area contributed by atoms with E-state index in [1.165, 1.54) is 17.0 Å². The number of carbonyl (C=O) groups is 2. The molecular formula is C16H18F4N2O2. The maximum atomic E-state index is 13.0. The number of nitrogens with zero attached hydrogens (tertiary/aromatic N) is 1. The van der Waals surface area contributed by atoms with Crippen molar-refractivity contribution >= 4 is 11.8 Å². The molecule has 2 amide bonds. The SMILES string of the molecule is CCN1C[C@H](C(=O)N[C@@H](CC(F)(F)F)c2ccc(F)cc2)CC1=O. The van der Waals surface area contributed by atoms with Gasteiger partial charge in [-0.3, -0.25) is 9.59 Å². The van der Waals surface area contributed by atoms with Gasteiger partial charge in [-0.05, 0) is 24.6 Å². The Balaban J connectivity index is 2.12. The minimum atomic E-state index is -4.49. The monoisotopic (exact) mass is 346 g/mol. The average Bonchev–Trinajstić information content (AvgIpc) is 2.87. The zero-order chi connectivity index (χ0) is 17.9. The summed E-state index contributed by atoms with van der Waals surface area (Å²) in [5.74, 6) is -2.03. The van der Waals surface area contributed by atoms with Crippen LogP contribution in [0.1, 0.15) is 31.4 Å². The quantitative estimate of drug-likeness (QED) is 0.834. The Morgan fingerprint density at radius 1 is 1.33 bits per heavy atom. The molecule has 0 spiro atoms. The Bertz CT molecular complexity index is 601. The van der Waals surface area contributed by atoms with Gasteiger partial charge in [0.05, 0.1) is 18.4 Å². The smallest absolute Gasteiger partial charge is 0.349 e. The molecular weight excluding hydrogens is 328 g/mol. The minimum absolute atomic E-state index is 0.0121. The van der Waals surface area contributed by atoms with Gasteiger partial charge in [-0.25, -0.2) is 4.39 Å². The van der Waals surface area contributed by atoms with Crippen molar-refractivity contribution in [2.75, 3.05) is 13.1 Å². The van der Waals surface area contributed by atoms with Gasteiger partial charge in [0.25, 0.3) is 0 Å². The van der Waals surface area contributed by atoms with E-state index in [0.29, 0.717) is 6.54 Å². The first-order chi connectivity index (χ1) is 11.2. The maximum absolute atomic E-state index is 13.0. The molecule has 8 heteroatoms. The number of amides is 2. The minimum Gasteiger partial charge on any atom is -0.349 e. The van der Waals surface area contributed by atoms with E-state index in [4.69, 9.17) is 0 Å². The first-order valence-electron chi connectivity index (χ1n) is 7.60. The molecule has 0 aliphatic carbocycles. The summed E-state index contributed by atoms with van der Waals surface area (Å²) in [5.41, 5.74) is 0.166. The Morgan fingerprint density at radius 2 is 1.96 bits per heavy atom. The normalized spacial score (nSPS) is 19.5. The van der Waals surface area contributed by atoms with Crippen molar-refractivity contribution in [3.05, 3.63) is 35.6 Å². The second-order valence-corrected chi connectivity index (χ2v) is 5.77. The number of hydrogen-bond donors (Lipinski definition) is 1. The third-order valence-corrected chi connectivity index (χ3v) is 3.99. The van der Waals surface area contributed by atoms with Gasteiger partial charge < -0.3 is 10.2 Å². The van der Waals surface area contributed by atoms with E-state index in [9.17, 15) is 27.2 Å². The summed E-state index contributed by atoms with van der Waals surface area (Å²) in [6, 6.07) is 3.20. The second kappa shape index (κ2) is 7.19. The van der Waals surface area contributed by atoms with Crippen LogP contribution in [0.2, 0.25) is 0 Å². The molecule has 4 nitrogen and oxygen atoms in total. The largest absolute Gasteiger partial charge is 0.391 e. The van der Waals surface area contributed by atoms with E-state index in [1.807, 2.05) is 0 Å². The van der Waals surface area contributed by atoms with Crippen molar-refractivity contribution in [3.8, 4) is 0 Å². The summed E-state index contributed by atoms with van der Waals surface area (Å²) >= 11 is 0. The number of likely N-dealkylation sites (tertiary alicyclic amines) is 1. The standard InChI is InChI=1S/C16H18F4N2O2/c1-2-22-9-11(7-14(22)23)15(24)21-13(8-16(18,19)20)10-3-5-12(17)6-4-10/h3-6,11,13H,2,7-9H2,1H3,(H,21,24)/t11-,13+/m1/s1. The summed E-state index contributed by atoms with van der Waals surface area (Å²) in [6.45, 7) is 2.42. The zero-order valence-electron chi connectivity index (χ0n) is 13.1. The highest BCUT2D eigenvalue weighted by atomic mass is 19.4. The van der Waals surface area contributed by atoms with Gasteiger partial charge in [0, 0.05) is 19.5 Å². The first kappa shape index (κ1) is 18.2. The van der Waals surface area contributed by atoms with Gasteiger partial charge >= 0.3 is 6.18 Å². The third kappa shape index (κ3) is 4.69. The molecule has 1 fully saturated rings. The van der Waals surface area contributed by atoms with Crippen molar-refractivity contribution in [1.82, 2.24) is 10.2 Å². The summed E-state index contributed by atoms with van der Waals surface area (Å²) in [4.78, 5) is 25.4. The number of benzene rings is 1. The van der Waals surface area contributed by atoms with Crippen LogP contribution < -0.4 is 5.32 Å². The van der Waals surface area contributed by atoms with E-state index >= 15 is 0 Å². The van der Waals surface area contributed by atoms with Crippen LogP contribution in [0.15, 0.2) is 24.3 Å². The van der Waals surface area contributed by atoms with Gasteiger partial charge in [-0.1, -0.05) is 12.1 Å². The van der Waals surface area contributed by atoms with Crippen LogP contribution in [-0.4, -0.2) is 36.0 Å². The number of hydrogen-bond acceptors (Lipinski definition) is 2. The summed E-state index contributed by atoms with van der Waals surface area (Å²) in [7, 11) is 0. The fraction of sp³-hybridized carbons (Fsp3) is 0.500. The predicted molar refractivity (Wildman–Crippen MR) is 78.3 cm³/mol. The van der Waals surface area contributed by atoms with Crippen molar-refractivity contribution in [1.29, 1.82) is 0 Å². The van der Waals surface area contributed by atoms with Crippen LogP contribution in [0, 0.1) is 11.7 Å². The molecule has 1 aliphatic rings. The van der Waals surface area contributed by atoms with Crippen LogP contribution in [0.4, 0.5) is 17.6 Å². The third-order valence-electron chi connectivity index (χ3n) is 3.99. The molecule has 1 aromatic rings.